The Morgan fingerprint density at radius 2 is 1.92 bits per heavy atom. The van der Waals surface area contributed by atoms with E-state index in [1.54, 1.807) is 23.6 Å². The minimum atomic E-state index is -0.313. The number of carbonyl (C=O) groups is 1. The van der Waals surface area contributed by atoms with Crippen molar-refractivity contribution in [2.24, 2.45) is 0 Å². The standard InChI is InChI=1S/C18H18ClN3O2/c1-4-24-16(23)10-22-17(13-5-7-14(19)8-6-13)21-15-9-11(2)12(3)20-18(15)22/h5-9H,4,10H2,1-3H3. The van der Waals surface area contributed by atoms with Crippen LogP contribution in [0.3, 0.4) is 0 Å². The predicted octanol–water partition coefficient (Wildman–Crippen LogP) is 3.93. The van der Waals surface area contributed by atoms with Crippen molar-refractivity contribution in [1.82, 2.24) is 14.5 Å². The lowest BCUT2D eigenvalue weighted by Crippen LogP contribution is -2.14. The van der Waals surface area contributed by atoms with E-state index in [4.69, 9.17) is 16.3 Å². The Hall–Kier alpha value is -2.40. The molecule has 0 fully saturated rings. The second-order valence-electron chi connectivity index (χ2n) is 5.57. The van der Waals surface area contributed by atoms with Crippen LogP contribution in [0.25, 0.3) is 22.6 Å². The molecule has 24 heavy (non-hydrogen) atoms. The van der Waals surface area contributed by atoms with E-state index in [9.17, 15) is 4.79 Å². The van der Waals surface area contributed by atoms with Crippen LogP contribution in [0.1, 0.15) is 18.2 Å². The van der Waals surface area contributed by atoms with Crippen LogP contribution in [0, 0.1) is 13.8 Å². The summed E-state index contributed by atoms with van der Waals surface area (Å²) in [5.74, 6) is 0.360. The number of halogens is 1. The Bertz CT molecular complexity index is 901. The van der Waals surface area contributed by atoms with Crippen LogP contribution < -0.4 is 0 Å². The quantitative estimate of drug-likeness (QED) is 0.673. The minimum Gasteiger partial charge on any atom is -0.465 e. The van der Waals surface area contributed by atoms with Crippen LogP contribution >= 0.6 is 11.6 Å². The smallest absolute Gasteiger partial charge is 0.326 e. The minimum absolute atomic E-state index is 0.0673. The highest BCUT2D eigenvalue weighted by Gasteiger charge is 2.17. The van der Waals surface area contributed by atoms with Gasteiger partial charge in [-0.15, -0.1) is 0 Å². The summed E-state index contributed by atoms with van der Waals surface area (Å²) in [6, 6.07) is 9.35. The molecule has 0 saturated heterocycles. The molecule has 0 N–H and O–H groups in total. The van der Waals surface area contributed by atoms with Crippen LogP contribution in [0.4, 0.5) is 0 Å². The molecule has 0 aliphatic rings. The molecule has 0 aliphatic heterocycles. The van der Waals surface area contributed by atoms with Gasteiger partial charge in [0.2, 0.25) is 0 Å². The second kappa shape index (κ2) is 6.61. The summed E-state index contributed by atoms with van der Waals surface area (Å²) < 4.78 is 6.89. The lowest BCUT2D eigenvalue weighted by Gasteiger charge is -2.09. The number of hydrogen-bond donors (Lipinski definition) is 0. The van der Waals surface area contributed by atoms with Gasteiger partial charge in [0.15, 0.2) is 5.65 Å². The van der Waals surface area contributed by atoms with Gasteiger partial charge in [0.25, 0.3) is 0 Å². The van der Waals surface area contributed by atoms with Crippen LogP contribution in [0.15, 0.2) is 30.3 Å². The highest BCUT2D eigenvalue weighted by atomic mass is 35.5. The van der Waals surface area contributed by atoms with E-state index in [1.165, 1.54) is 0 Å². The first kappa shape index (κ1) is 16.5. The average Bonchev–Trinajstić information content (AvgIpc) is 2.87. The maximum absolute atomic E-state index is 12.0. The molecule has 0 atom stereocenters. The van der Waals surface area contributed by atoms with Gasteiger partial charge in [-0.25, -0.2) is 9.97 Å². The molecule has 0 saturated carbocycles. The van der Waals surface area contributed by atoms with E-state index in [1.807, 2.05) is 32.0 Å². The maximum atomic E-state index is 12.0. The van der Waals surface area contributed by atoms with Crippen molar-refractivity contribution in [2.45, 2.75) is 27.3 Å². The van der Waals surface area contributed by atoms with Crippen LogP contribution in [-0.2, 0) is 16.1 Å². The molecule has 3 rings (SSSR count). The fourth-order valence-electron chi connectivity index (χ4n) is 2.54. The Kier molecular flexibility index (Phi) is 4.53. The molecule has 1 aromatic carbocycles. The van der Waals surface area contributed by atoms with Gasteiger partial charge in [0, 0.05) is 16.3 Å². The SMILES string of the molecule is CCOC(=O)Cn1c(-c2ccc(Cl)cc2)nc2cc(C)c(C)nc21. The van der Waals surface area contributed by atoms with Gasteiger partial charge in [-0.3, -0.25) is 9.36 Å². The van der Waals surface area contributed by atoms with E-state index in [0.29, 0.717) is 23.1 Å². The Labute approximate surface area is 145 Å². The first-order chi connectivity index (χ1) is 11.5. The number of fused-ring (bicyclic) bond motifs is 1. The Balaban J connectivity index is 2.18. The first-order valence-electron chi connectivity index (χ1n) is 7.75. The van der Waals surface area contributed by atoms with Crippen molar-refractivity contribution in [3.63, 3.8) is 0 Å². The van der Waals surface area contributed by atoms with E-state index in [2.05, 4.69) is 9.97 Å². The van der Waals surface area contributed by atoms with E-state index in [0.717, 1.165) is 22.3 Å². The average molecular weight is 344 g/mol. The zero-order chi connectivity index (χ0) is 17.3. The fourth-order valence-corrected chi connectivity index (χ4v) is 2.66. The summed E-state index contributed by atoms with van der Waals surface area (Å²) in [5, 5.41) is 0.650. The third kappa shape index (κ3) is 3.12. The van der Waals surface area contributed by atoms with Crippen LogP contribution in [0.2, 0.25) is 5.02 Å². The fraction of sp³-hybridized carbons (Fsp3) is 0.278. The molecule has 2 heterocycles. The highest BCUT2D eigenvalue weighted by Crippen LogP contribution is 2.26. The second-order valence-corrected chi connectivity index (χ2v) is 6.00. The third-order valence-corrected chi connectivity index (χ3v) is 4.11. The normalized spacial score (nSPS) is 11.0. The molecule has 0 spiro atoms. The van der Waals surface area contributed by atoms with Gasteiger partial charge in [0.1, 0.15) is 17.9 Å². The van der Waals surface area contributed by atoms with Crippen LogP contribution in [-0.4, -0.2) is 27.1 Å². The number of aryl methyl sites for hydroxylation is 2. The molecule has 0 amide bonds. The van der Waals surface area contributed by atoms with Crippen molar-refractivity contribution >= 4 is 28.7 Å². The van der Waals surface area contributed by atoms with E-state index >= 15 is 0 Å². The number of imidazole rings is 1. The lowest BCUT2D eigenvalue weighted by atomic mass is 10.2. The zero-order valence-electron chi connectivity index (χ0n) is 13.8. The van der Waals surface area contributed by atoms with Crippen molar-refractivity contribution in [2.75, 3.05) is 6.61 Å². The number of benzene rings is 1. The number of aromatic nitrogens is 3. The van der Waals surface area contributed by atoms with Gasteiger partial charge in [-0.2, -0.15) is 0 Å². The number of pyridine rings is 1. The molecule has 0 radical (unpaired) electrons. The molecule has 6 heteroatoms. The Morgan fingerprint density at radius 1 is 1.21 bits per heavy atom. The first-order valence-corrected chi connectivity index (χ1v) is 8.13. The summed E-state index contributed by atoms with van der Waals surface area (Å²) in [5.41, 5.74) is 4.28. The molecular formula is C18H18ClN3O2. The topological polar surface area (TPSA) is 57.0 Å². The Morgan fingerprint density at radius 3 is 2.58 bits per heavy atom. The van der Waals surface area contributed by atoms with Crippen molar-refractivity contribution in [3.05, 3.63) is 46.6 Å². The monoisotopic (exact) mass is 343 g/mol. The molecule has 0 unspecified atom stereocenters. The number of esters is 1. The van der Waals surface area contributed by atoms with Crippen molar-refractivity contribution < 1.29 is 9.53 Å². The van der Waals surface area contributed by atoms with E-state index < -0.39 is 0 Å². The summed E-state index contributed by atoms with van der Waals surface area (Å²) in [6.45, 7) is 6.13. The molecular weight excluding hydrogens is 326 g/mol. The summed E-state index contributed by atoms with van der Waals surface area (Å²) in [7, 11) is 0. The van der Waals surface area contributed by atoms with Crippen molar-refractivity contribution in [1.29, 1.82) is 0 Å². The summed E-state index contributed by atoms with van der Waals surface area (Å²) in [6.07, 6.45) is 0. The van der Waals surface area contributed by atoms with E-state index in [-0.39, 0.29) is 12.5 Å². The lowest BCUT2D eigenvalue weighted by molar-refractivity contribution is -0.143. The predicted molar refractivity (Wildman–Crippen MR) is 94.1 cm³/mol. The van der Waals surface area contributed by atoms with Gasteiger partial charge in [0.05, 0.1) is 6.61 Å². The number of carbonyl (C=O) groups excluding carboxylic acids is 1. The number of nitrogens with zero attached hydrogens (tertiary/aromatic N) is 3. The summed E-state index contributed by atoms with van der Waals surface area (Å²) >= 11 is 5.97. The molecule has 2 aromatic heterocycles. The van der Waals surface area contributed by atoms with Gasteiger partial charge in [-0.1, -0.05) is 11.6 Å². The largest absolute Gasteiger partial charge is 0.465 e. The van der Waals surface area contributed by atoms with Gasteiger partial charge >= 0.3 is 5.97 Å². The van der Waals surface area contributed by atoms with Crippen molar-refractivity contribution in [3.8, 4) is 11.4 Å². The zero-order valence-corrected chi connectivity index (χ0v) is 14.6. The third-order valence-electron chi connectivity index (χ3n) is 3.86. The molecule has 0 bridgehead atoms. The molecule has 124 valence electrons. The highest BCUT2D eigenvalue weighted by molar-refractivity contribution is 6.30. The number of ether oxygens (including phenoxy) is 1. The molecule has 0 aliphatic carbocycles. The number of rotatable bonds is 4. The van der Waals surface area contributed by atoms with Gasteiger partial charge < -0.3 is 4.74 Å². The van der Waals surface area contributed by atoms with Gasteiger partial charge in [-0.05, 0) is 56.7 Å². The maximum Gasteiger partial charge on any atom is 0.326 e. The number of hydrogen-bond acceptors (Lipinski definition) is 4. The summed E-state index contributed by atoms with van der Waals surface area (Å²) in [4.78, 5) is 21.3. The molecule has 3 aromatic rings. The van der Waals surface area contributed by atoms with Crippen LogP contribution in [0.5, 0.6) is 0 Å². The molecule has 5 nitrogen and oxygen atoms in total.